The summed E-state index contributed by atoms with van der Waals surface area (Å²) in [7, 11) is 1.56. The van der Waals surface area contributed by atoms with E-state index in [1.54, 1.807) is 31.4 Å². The summed E-state index contributed by atoms with van der Waals surface area (Å²) in [4.78, 5) is 24.9. The summed E-state index contributed by atoms with van der Waals surface area (Å²) in [5.41, 5.74) is 0.710. The molecule has 0 N–H and O–H groups in total. The summed E-state index contributed by atoms with van der Waals surface area (Å²) >= 11 is 0. The van der Waals surface area contributed by atoms with Crippen LogP contribution in [-0.4, -0.2) is 44.3 Å². The van der Waals surface area contributed by atoms with Gasteiger partial charge in [-0.2, -0.15) is 0 Å². The van der Waals surface area contributed by atoms with Crippen molar-refractivity contribution in [3.63, 3.8) is 0 Å². The molecule has 3 rings (SSSR count). The predicted molar refractivity (Wildman–Crippen MR) is 81.2 cm³/mol. The average Bonchev–Trinajstić information content (AvgIpc) is 3.04. The first-order valence-electron chi connectivity index (χ1n) is 7.74. The number of rotatable bonds is 4. The molecule has 0 amide bonds. The Hall–Kier alpha value is -2.12. The lowest BCUT2D eigenvalue weighted by Gasteiger charge is -2.37. The second kappa shape index (κ2) is 6.41. The molecule has 0 aliphatic carbocycles. The van der Waals surface area contributed by atoms with Crippen LogP contribution < -0.4 is 4.74 Å². The summed E-state index contributed by atoms with van der Waals surface area (Å²) in [6, 6.07) is 7.05. The number of carbonyl (C=O) groups excluding carboxylic acids is 2. The maximum Gasteiger partial charge on any atom is 0.324 e. The monoisotopic (exact) mass is 336 g/mol. The molecule has 130 valence electrons. The molecule has 2 aliphatic heterocycles. The van der Waals surface area contributed by atoms with Crippen LogP contribution in [0.15, 0.2) is 24.3 Å². The van der Waals surface area contributed by atoms with Crippen molar-refractivity contribution in [2.45, 2.75) is 31.8 Å². The van der Waals surface area contributed by atoms with Crippen molar-refractivity contribution in [1.29, 1.82) is 0 Å². The number of methoxy groups -OCH3 is 1. The Kier molecular flexibility index (Phi) is 4.47. The van der Waals surface area contributed by atoms with Crippen molar-refractivity contribution in [2.75, 3.05) is 20.3 Å². The standard InChI is InChI=1S/C17H20O7/c1-17(2)23-14(18)13(15(19)24-17)12(16-21-8-9-22-16)10-4-6-11(20-3)7-5-10/h4-7,12-13,16H,8-9H2,1-3H3. The molecule has 2 aliphatic rings. The van der Waals surface area contributed by atoms with E-state index in [0.717, 1.165) is 0 Å². The molecule has 2 fully saturated rings. The largest absolute Gasteiger partial charge is 0.497 e. The minimum absolute atomic E-state index is 0.402. The van der Waals surface area contributed by atoms with Crippen LogP contribution in [0, 0.1) is 5.92 Å². The highest BCUT2D eigenvalue weighted by Gasteiger charge is 2.51. The van der Waals surface area contributed by atoms with Gasteiger partial charge in [0.2, 0.25) is 0 Å². The first kappa shape index (κ1) is 16.7. The molecule has 0 bridgehead atoms. The van der Waals surface area contributed by atoms with Gasteiger partial charge in [0.15, 0.2) is 12.2 Å². The van der Waals surface area contributed by atoms with Gasteiger partial charge in [-0.3, -0.25) is 9.59 Å². The fourth-order valence-corrected chi connectivity index (χ4v) is 2.94. The number of carbonyl (C=O) groups is 2. The second-order valence-electron chi connectivity index (χ2n) is 6.13. The number of esters is 2. The first-order valence-corrected chi connectivity index (χ1v) is 7.74. The van der Waals surface area contributed by atoms with Gasteiger partial charge in [-0.05, 0) is 17.7 Å². The Labute approximate surface area is 139 Å². The van der Waals surface area contributed by atoms with Gasteiger partial charge in [-0.15, -0.1) is 0 Å². The fourth-order valence-electron chi connectivity index (χ4n) is 2.94. The lowest BCUT2D eigenvalue weighted by Crippen LogP contribution is -2.50. The Morgan fingerprint density at radius 2 is 1.58 bits per heavy atom. The predicted octanol–water partition coefficient (Wildman–Crippen LogP) is 1.60. The normalized spacial score (nSPS) is 22.8. The highest BCUT2D eigenvalue weighted by atomic mass is 16.7. The molecule has 24 heavy (non-hydrogen) atoms. The maximum atomic E-state index is 12.5. The van der Waals surface area contributed by atoms with E-state index in [-0.39, 0.29) is 0 Å². The molecular weight excluding hydrogens is 316 g/mol. The third kappa shape index (κ3) is 3.22. The minimum Gasteiger partial charge on any atom is -0.497 e. The van der Waals surface area contributed by atoms with E-state index >= 15 is 0 Å². The maximum absolute atomic E-state index is 12.5. The molecule has 1 atom stereocenters. The van der Waals surface area contributed by atoms with Crippen molar-refractivity contribution < 1.29 is 33.3 Å². The molecule has 2 heterocycles. The van der Waals surface area contributed by atoms with E-state index < -0.39 is 35.9 Å². The van der Waals surface area contributed by atoms with Crippen molar-refractivity contribution in [1.82, 2.24) is 0 Å². The summed E-state index contributed by atoms with van der Waals surface area (Å²) in [6.07, 6.45) is -0.718. The van der Waals surface area contributed by atoms with E-state index in [2.05, 4.69) is 0 Å². The van der Waals surface area contributed by atoms with Crippen molar-refractivity contribution in [2.24, 2.45) is 5.92 Å². The molecule has 1 aromatic carbocycles. The smallest absolute Gasteiger partial charge is 0.324 e. The highest BCUT2D eigenvalue weighted by molar-refractivity contribution is 5.97. The topological polar surface area (TPSA) is 80.3 Å². The van der Waals surface area contributed by atoms with Crippen LogP contribution in [0.3, 0.4) is 0 Å². The number of benzene rings is 1. The Bertz CT molecular complexity index is 596. The summed E-state index contributed by atoms with van der Waals surface area (Å²) in [5.74, 6) is -3.69. The molecule has 0 radical (unpaired) electrons. The van der Waals surface area contributed by atoms with E-state index in [1.807, 2.05) is 0 Å². The molecule has 0 saturated carbocycles. The van der Waals surface area contributed by atoms with Gasteiger partial charge in [0.25, 0.3) is 5.79 Å². The molecule has 1 aromatic rings. The van der Waals surface area contributed by atoms with Gasteiger partial charge in [0.05, 0.1) is 26.2 Å². The Morgan fingerprint density at radius 1 is 1.04 bits per heavy atom. The number of ether oxygens (including phenoxy) is 5. The van der Waals surface area contributed by atoms with Crippen LogP contribution in [0.5, 0.6) is 5.75 Å². The molecule has 7 heteroatoms. The summed E-state index contributed by atoms with van der Waals surface area (Å²) in [5, 5.41) is 0. The van der Waals surface area contributed by atoms with E-state index in [4.69, 9.17) is 23.7 Å². The Balaban J connectivity index is 1.95. The van der Waals surface area contributed by atoms with Gasteiger partial charge in [0.1, 0.15) is 5.75 Å². The van der Waals surface area contributed by atoms with Crippen LogP contribution in [0.1, 0.15) is 25.3 Å². The van der Waals surface area contributed by atoms with Gasteiger partial charge in [0, 0.05) is 13.8 Å². The molecular formula is C17H20O7. The van der Waals surface area contributed by atoms with Gasteiger partial charge >= 0.3 is 11.9 Å². The zero-order valence-electron chi connectivity index (χ0n) is 13.8. The van der Waals surface area contributed by atoms with Crippen molar-refractivity contribution in [3.05, 3.63) is 29.8 Å². The summed E-state index contributed by atoms with van der Waals surface area (Å²) in [6.45, 7) is 3.84. The quantitative estimate of drug-likeness (QED) is 0.610. The third-order valence-electron chi connectivity index (χ3n) is 4.00. The molecule has 7 nitrogen and oxygen atoms in total. The van der Waals surface area contributed by atoms with Crippen LogP contribution in [0.4, 0.5) is 0 Å². The zero-order chi connectivity index (χ0) is 17.3. The first-order chi connectivity index (χ1) is 11.4. The van der Waals surface area contributed by atoms with Crippen molar-refractivity contribution in [3.8, 4) is 5.75 Å². The minimum atomic E-state index is -1.27. The second-order valence-corrected chi connectivity index (χ2v) is 6.13. The summed E-state index contributed by atoms with van der Waals surface area (Å²) < 4.78 is 26.8. The molecule has 0 aromatic heterocycles. The Morgan fingerprint density at radius 3 is 2.08 bits per heavy atom. The SMILES string of the molecule is COc1ccc(C(C2OCCO2)C2C(=O)OC(C)(C)OC2=O)cc1. The van der Waals surface area contributed by atoms with E-state index in [1.165, 1.54) is 13.8 Å². The number of hydrogen-bond acceptors (Lipinski definition) is 7. The lowest BCUT2D eigenvalue weighted by atomic mass is 9.84. The third-order valence-corrected chi connectivity index (χ3v) is 4.00. The van der Waals surface area contributed by atoms with Gasteiger partial charge < -0.3 is 23.7 Å². The number of cyclic esters (lactones) is 2. The van der Waals surface area contributed by atoms with Crippen LogP contribution in [0.2, 0.25) is 0 Å². The van der Waals surface area contributed by atoms with Crippen LogP contribution in [0.25, 0.3) is 0 Å². The average molecular weight is 336 g/mol. The van der Waals surface area contributed by atoms with Gasteiger partial charge in [-0.25, -0.2) is 0 Å². The molecule has 1 unspecified atom stereocenters. The fraction of sp³-hybridized carbons (Fsp3) is 0.529. The highest BCUT2D eigenvalue weighted by Crippen LogP contribution is 2.38. The van der Waals surface area contributed by atoms with E-state index in [9.17, 15) is 9.59 Å². The zero-order valence-corrected chi connectivity index (χ0v) is 13.8. The lowest BCUT2D eigenvalue weighted by molar-refractivity contribution is -0.244. The van der Waals surface area contributed by atoms with Crippen LogP contribution in [-0.2, 0) is 28.5 Å². The molecule has 2 saturated heterocycles. The van der Waals surface area contributed by atoms with Gasteiger partial charge in [-0.1, -0.05) is 12.1 Å². The van der Waals surface area contributed by atoms with Crippen LogP contribution >= 0.6 is 0 Å². The molecule has 0 spiro atoms. The number of hydrogen-bond donors (Lipinski definition) is 0. The van der Waals surface area contributed by atoms with E-state index in [0.29, 0.717) is 24.5 Å². The van der Waals surface area contributed by atoms with Crippen molar-refractivity contribution >= 4 is 11.9 Å².